The minimum atomic E-state index is -1.15. The minimum Gasteiger partial charge on any atom is -0.478 e. The van der Waals surface area contributed by atoms with Crippen molar-refractivity contribution in [2.45, 2.75) is 52.1 Å². The highest BCUT2D eigenvalue weighted by Gasteiger charge is 2.52. The lowest BCUT2D eigenvalue weighted by Crippen LogP contribution is -2.39. The standard InChI is InChI=1S/C14H18O5/c1-3-14-7-6-10(16)12(13(17)18)9(14)4-5-11(14)19-8(2)15/h11H,3-7H2,1-2H3,(H,17,18)/t11-,14?/m1/s1. The Morgan fingerprint density at radius 1 is 1.42 bits per heavy atom. The smallest absolute Gasteiger partial charge is 0.339 e. The lowest BCUT2D eigenvalue weighted by atomic mass is 9.68. The highest BCUT2D eigenvalue weighted by Crippen LogP contribution is 2.54. The van der Waals surface area contributed by atoms with Crippen molar-refractivity contribution in [2.75, 3.05) is 0 Å². The second-order valence-electron chi connectivity index (χ2n) is 5.23. The van der Waals surface area contributed by atoms with Gasteiger partial charge in [0.25, 0.3) is 0 Å². The van der Waals surface area contributed by atoms with Gasteiger partial charge in [0.15, 0.2) is 5.78 Å². The molecule has 1 saturated carbocycles. The molecule has 0 heterocycles. The number of rotatable bonds is 3. The average Bonchev–Trinajstić information content (AvgIpc) is 2.67. The van der Waals surface area contributed by atoms with E-state index in [-0.39, 0.29) is 29.9 Å². The molecule has 1 N–H and O–H groups in total. The summed E-state index contributed by atoms with van der Waals surface area (Å²) in [5.41, 5.74) is 0.167. The molecule has 5 nitrogen and oxygen atoms in total. The van der Waals surface area contributed by atoms with Gasteiger partial charge in [0.2, 0.25) is 0 Å². The van der Waals surface area contributed by atoms with Crippen LogP contribution in [0.2, 0.25) is 0 Å². The summed E-state index contributed by atoms with van der Waals surface area (Å²) in [5, 5.41) is 9.25. The Balaban J connectivity index is 2.49. The first-order valence-corrected chi connectivity index (χ1v) is 6.59. The van der Waals surface area contributed by atoms with Crippen molar-refractivity contribution >= 4 is 17.7 Å². The fourth-order valence-corrected chi connectivity index (χ4v) is 3.55. The van der Waals surface area contributed by atoms with Crippen molar-refractivity contribution in [1.29, 1.82) is 0 Å². The first-order valence-electron chi connectivity index (χ1n) is 6.59. The number of aliphatic carboxylic acids is 1. The van der Waals surface area contributed by atoms with Crippen molar-refractivity contribution in [1.82, 2.24) is 0 Å². The normalized spacial score (nSPS) is 30.2. The topological polar surface area (TPSA) is 80.7 Å². The van der Waals surface area contributed by atoms with E-state index >= 15 is 0 Å². The minimum absolute atomic E-state index is 0.0669. The van der Waals surface area contributed by atoms with E-state index in [2.05, 4.69) is 0 Å². The number of Topliss-reactive ketones (excluding diaryl/α,β-unsaturated/α-hetero) is 1. The Hall–Kier alpha value is -1.65. The van der Waals surface area contributed by atoms with Gasteiger partial charge in [-0.25, -0.2) is 4.79 Å². The molecule has 0 saturated heterocycles. The summed E-state index contributed by atoms with van der Waals surface area (Å²) in [6, 6.07) is 0. The van der Waals surface area contributed by atoms with E-state index in [9.17, 15) is 19.5 Å². The zero-order valence-electron chi connectivity index (χ0n) is 11.2. The number of ketones is 1. The molecule has 1 unspecified atom stereocenters. The quantitative estimate of drug-likeness (QED) is 0.623. The van der Waals surface area contributed by atoms with Crippen LogP contribution >= 0.6 is 0 Å². The number of carboxylic acid groups (broad SMARTS) is 1. The van der Waals surface area contributed by atoms with E-state index < -0.39 is 11.4 Å². The Morgan fingerprint density at radius 2 is 2.11 bits per heavy atom. The van der Waals surface area contributed by atoms with E-state index in [1.807, 2.05) is 6.92 Å². The zero-order chi connectivity index (χ0) is 14.2. The van der Waals surface area contributed by atoms with Gasteiger partial charge in [-0.15, -0.1) is 0 Å². The van der Waals surface area contributed by atoms with Gasteiger partial charge < -0.3 is 9.84 Å². The molecule has 2 rings (SSSR count). The summed E-state index contributed by atoms with van der Waals surface area (Å²) < 4.78 is 5.36. The maximum Gasteiger partial charge on any atom is 0.339 e. The van der Waals surface area contributed by atoms with Gasteiger partial charge in [-0.1, -0.05) is 6.92 Å². The number of carboxylic acids is 1. The summed E-state index contributed by atoms with van der Waals surface area (Å²) in [7, 11) is 0. The van der Waals surface area contributed by atoms with Crippen LogP contribution in [0.1, 0.15) is 46.0 Å². The third-order valence-electron chi connectivity index (χ3n) is 4.41. The van der Waals surface area contributed by atoms with Crippen LogP contribution in [0.4, 0.5) is 0 Å². The molecule has 0 bridgehead atoms. The fourth-order valence-electron chi connectivity index (χ4n) is 3.55. The third-order valence-corrected chi connectivity index (χ3v) is 4.41. The third kappa shape index (κ3) is 2.07. The van der Waals surface area contributed by atoms with Gasteiger partial charge in [-0.05, 0) is 31.3 Å². The molecular formula is C14H18O5. The molecule has 2 aliphatic rings. The van der Waals surface area contributed by atoms with Crippen molar-refractivity contribution in [3.63, 3.8) is 0 Å². The Labute approximate surface area is 111 Å². The zero-order valence-corrected chi connectivity index (χ0v) is 11.2. The lowest BCUT2D eigenvalue weighted by Gasteiger charge is -2.38. The fraction of sp³-hybridized carbons (Fsp3) is 0.643. The van der Waals surface area contributed by atoms with Gasteiger partial charge in [0, 0.05) is 18.8 Å². The van der Waals surface area contributed by atoms with Gasteiger partial charge in [-0.3, -0.25) is 9.59 Å². The van der Waals surface area contributed by atoms with Crippen molar-refractivity contribution in [2.24, 2.45) is 5.41 Å². The van der Waals surface area contributed by atoms with Crippen LogP contribution in [-0.4, -0.2) is 28.9 Å². The maximum atomic E-state index is 11.8. The molecular weight excluding hydrogens is 248 g/mol. The highest BCUT2D eigenvalue weighted by atomic mass is 16.5. The Kier molecular flexibility index (Phi) is 3.47. The predicted octanol–water partition coefficient (Wildman–Crippen LogP) is 1.85. The summed E-state index contributed by atoms with van der Waals surface area (Å²) in [4.78, 5) is 34.3. The number of fused-ring (bicyclic) bond motifs is 1. The van der Waals surface area contributed by atoms with Crippen LogP contribution in [0.3, 0.4) is 0 Å². The molecule has 2 aliphatic carbocycles. The van der Waals surface area contributed by atoms with Crippen LogP contribution in [0, 0.1) is 5.41 Å². The van der Waals surface area contributed by atoms with Crippen LogP contribution in [-0.2, 0) is 19.1 Å². The molecule has 0 aromatic carbocycles. The molecule has 0 amide bonds. The molecule has 0 radical (unpaired) electrons. The number of esters is 1. The number of carbonyl (C=O) groups excluding carboxylic acids is 2. The van der Waals surface area contributed by atoms with Crippen LogP contribution in [0.25, 0.3) is 0 Å². The van der Waals surface area contributed by atoms with E-state index in [1.54, 1.807) is 0 Å². The Bertz CT molecular complexity index is 476. The largest absolute Gasteiger partial charge is 0.478 e. The van der Waals surface area contributed by atoms with E-state index in [4.69, 9.17) is 4.74 Å². The summed E-state index contributed by atoms with van der Waals surface area (Å²) >= 11 is 0. The summed E-state index contributed by atoms with van der Waals surface area (Å²) in [5.74, 6) is -1.80. The molecule has 0 aliphatic heterocycles. The van der Waals surface area contributed by atoms with Crippen molar-refractivity contribution < 1.29 is 24.2 Å². The van der Waals surface area contributed by atoms with Crippen LogP contribution < -0.4 is 0 Å². The monoisotopic (exact) mass is 266 g/mol. The summed E-state index contributed by atoms with van der Waals surface area (Å²) in [6.45, 7) is 3.31. The second kappa shape index (κ2) is 4.79. The van der Waals surface area contributed by atoms with Crippen LogP contribution in [0.15, 0.2) is 11.1 Å². The Morgan fingerprint density at radius 3 is 2.63 bits per heavy atom. The molecule has 1 fully saturated rings. The number of hydrogen-bond acceptors (Lipinski definition) is 4. The van der Waals surface area contributed by atoms with E-state index in [0.29, 0.717) is 31.3 Å². The van der Waals surface area contributed by atoms with Crippen LogP contribution in [0.5, 0.6) is 0 Å². The lowest BCUT2D eigenvalue weighted by molar-refractivity contribution is -0.151. The van der Waals surface area contributed by atoms with Crippen molar-refractivity contribution in [3.05, 3.63) is 11.1 Å². The van der Waals surface area contributed by atoms with Gasteiger partial charge in [0.1, 0.15) is 11.7 Å². The average molecular weight is 266 g/mol. The molecule has 5 heteroatoms. The first kappa shape index (κ1) is 13.8. The first-order chi connectivity index (χ1) is 8.92. The van der Waals surface area contributed by atoms with Gasteiger partial charge in [0.05, 0.1) is 0 Å². The second-order valence-corrected chi connectivity index (χ2v) is 5.23. The number of hydrogen-bond donors (Lipinski definition) is 1. The SMILES string of the molecule is CCC12CCC(=O)C(C(=O)O)=C1CC[C@H]2OC(C)=O. The molecule has 2 atom stereocenters. The van der Waals surface area contributed by atoms with Gasteiger partial charge >= 0.3 is 11.9 Å². The van der Waals surface area contributed by atoms with Gasteiger partial charge in [-0.2, -0.15) is 0 Å². The maximum absolute atomic E-state index is 11.8. The molecule has 0 spiro atoms. The molecule has 0 aromatic heterocycles. The molecule has 0 aromatic rings. The van der Waals surface area contributed by atoms with E-state index in [1.165, 1.54) is 6.92 Å². The molecule has 19 heavy (non-hydrogen) atoms. The van der Waals surface area contributed by atoms with E-state index in [0.717, 1.165) is 0 Å². The highest BCUT2D eigenvalue weighted by molar-refractivity contribution is 6.18. The van der Waals surface area contributed by atoms with Crippen molar-refractivity contribution in [3.8, 4) is 0 Å². The summed E-state index contributed by atoms with van der Waals surface area (Å²) in [6.07, 6.45) is 2.31. The molecule has 104 valence electrons. The number of ether oxygens (including phenoxy) is 1. The predicted molar refractivity (Wildman–Crippen MR) is 66.4 cm³/mol. The number of carbonyl (C=O) groups is 3.